The number of benzene rings is 1. The highest BCUT2D eigenvalue weighted by Crippen LogP contribution is 2.34. The van der Waals surface area contributed by atoms with Crippen LogP contribution in [0.2, 0.25) is 5.15 Å². The molecule has 0 saturated heterocycles. The molecule has 0 bridgehead atoms. The summed E-state index contributed by atoms with van der Waals surface area (Å²) < 4.78 is 26.8. The Kier molecular flexibility index (Phi) is 2.78. The Morgan fingerprint density at radius 1 is 1.06 bits per heavy atom. The summed E-state index contributed by atoms with van der Waals surface area (Å²) in [4.78, 5) is 4.26. The fourth-order valence-electron chi connectivity index (χ4n) is 2.46. The first kappa shape index (κ1) is 11.6. The van der Waals surface area contributed by atoms with Gasteiger partial charge in [-0.1, -0.05) is 11.6 Å². The van der Waals surface area contributed by atoms with Gasteiger partial charge in [-0.2, -0.15) is 0 Å². The number of nitrogens with zero attached hydrogens (tertiary/aromatic N) is 1. The minimum Gasteiger partial charge on any atom is -0.241 e. The van der Waals surface area contributed by atoms with Crippen molar-refractivity contribution in [2.45, 2.75) is 19.3 Å². The van der Waals surface area contributed by atoms with E-state index in [1.165, 1.54) is 12.1 Å². The third kappa shape index (κ3) is 1.89. The Morgan fingerprint density at radius 2 is 1.89 bits per heavy atom. The monoisotopic (exact) mass is 265 g/mol. The highest BCUT2D eigenvalue weighted by Gasteiger charge is 2.20. The van der Waals surface area contributed by atoms with Gasteiger partial charge in [-0.05, 0) is 48.6 Å². The lowest BCUT2D eigenvalue weighted by atomic mass is 9.99. The molecule has 0 unspecified atom stereocenters. The highest BCUT2D eigenvalue weighted by molar-refractivity contribution is 6.29. The molecular weight excluding hydrogens is 256 g/mol. The molecule has 0 atom stereocenters. The molecular formula is C14H10ClF2N. The molecule has 0 spiro atoms. The van der Waals surface area contributed by atoms with Gasteiger partial charge in [-0.15, -0.1) is 0 Å². The van der Waals surface area contributed by atoms with Crippen LogP contribution in [-0.2, 0) is 12.8 Å². The normalized spacial score (nSPS) is 13.7. The lowest BCUT2D eigenvalue weighted by Crippen LogP contribution is -1.95. The van der Waals surface area contributed by atoms with Crippen molar-refractivity contribution in [1.82, 2.24) is 4.98 Å². The summed E-state index contributed by atoms with van der Waals surface area (Å²) in [5.41, 5.74) is 3.09. The van der Waals surface area contributed by atoms with Crippen molar-refractivity contribution in [3.05, 3.63) is 52.3 Å². The molecule has 0 amide bonds. The first-order chi connectivity index (χ1) is 8.65. The molecule has 1 aromatic carbocycles. The number of pyridine rings is 1. The number of aromatic nitrogens is 1. The van der Waals surface area contributed by atoms with E-state index in [0.29, 0.717) is 10.7 Å². The molecule has 18 heavy (non-hydrogen) atoms. The van der Waals surface area contributed by atoms with Crippen LogP contribution in [0, 0.1) is 11.6 Å². The molecule has 2 aromatic rings. The fourth-order valence-corrected chi connectivity index (χ4v) is 2.67. The lowest BCUT2D eigenvalue weighted by molar-refractivity contribution is 0.585. The van der Waals surface area contributed by atoms with Gasteiger partial charge in [0.05, 0.1) is 0 Å². The standard InChI is InChI=1S/C14H10ClF2N/c15-14-7-11(10-2-1-3-13(10)18-14)9-5-4-8(16)6-12(9)17/h4-7H,1-3H2. The van der Waals surface area contributed by atoms with Crippen LogP contribution in [0.4, 0.5) is 8.78 Å². The van der Waals surface area contributed by atoms with Crippen LogP contribution in [0.3, 0.4) is 0 Å². The first-order valence-electron chi connectivity index (χ1n) is 5.79. The van der Waals surface area contributed by atoms with E-state index in [4.69, 9.17) is 11.6 Å². The van der Waals surface area contributed by atoms with Crippen LogP contribution in [0.25, 0.3) is 11.1 Å². The number of halogens is 3. The quantitative estimate of drug-likeness (QED) is 0.705. The Balaban J connectivity index is 2.23. The van der Waals surface area contributed by atoms with E-state index >= 15 is 0 Å². The zero-order valence-electron chi connectivity index (χ0n) is 9.51. The van der Waals surface area contributed by atoms with E-state index in [-0.39, 0.29) is 0 Å². The average Bonchev–Trinajstić information content (AvgIpc) is 2.76. The Morgan fingerprint density at radius 3 is 2.67 bits per heavy atom. The second-order valence-electron chi connectivity index (χ2n) is 4.40. The van der Waals surface area contributed by atoms with Crippen molar-refractivity contribution < 1.29 is 8.78 Å². The van der Waals surface area contributed by atoms with Crippen molar-refractivity contribution in [3.63, 3.8) is 0 Å². The highest BCUT2D eigenvalue weighted by atomic mass is 35.5. The summed E-state index contributed by atoms with van der Waals surface area (Å²) in [6.45, 7) is 0. The van der Waals surface area contributed by atoms with Gasteiger partial charge in [-0.25, -0.2) is 13.8 Å². The number of rotatable bonds is 1. The molecule has 92 valence electrons. The van der Waals surface area contributed by atoms with Crippen molar-refractivity contribution >= 4 is 11.6 Å². The van der Waals surface area contributed by atoms with Gasteiger partial charge in [0.1, 0.15) is 16.8 Å². The van der Waals surface area contributed by atoms with E-state index in [0.717, 1.165) is 42.1 Å². The number of hydrogen-bond donors (Lipinski definition) is 0. The summed E-state index contributed by atoms with van der Waals surface area (Å²) in [6, 6.07) is 5.26. The van der Waals surface area contributed by atoms with Gasteiger partial charge in [0, 0.05) is 17.3 Å². The van der Waals surface area contributed by atoms with Crippen LogP contribution in [0.1, 0.15) is 17.7 Å². The summed E-state index contributed by atoms with van der Waals surface area (Å²) in [6.07, 6.45) is 2.73. The molecule has 0 saturated carbocycles. The Bertz CT molecular complexity index is 625. The van der Waals surface area contributed by atoms with Crippen LogP contribution in [-0.4, -0.2) is 4.98 Å². The Hall–Kier alpha value is -1.48. The van der Waals surface area contributed by atoms with Crippen LogP contribution >= 0.6 is 11.6 Å². The molecule has 0 aliphatic heterocycles. The van der Waals surface area contributed by atoms with Crippen molar-refractivity contribution in [1.29, 1.82) is 0 Å². The smallest absolute Gasteiger partial charge is 0.133 e. The first-order valence-corrected chi connectivity index (χ1v) is 6.16. The average molecular weight is 266 g/mol. The van der Waals surface area contributed by atoms with Gasteiger partial charge in [0.15, 0.2) is 0 Å². The third-order valence-corrected chi connectivity index (χ3v) is 3.43. The summed E-state index contributed by atoms with van der Waals surface area (Å²) in [5.74, 6) is -1.14. The lowest BCUT2D eigenvalue weighted by Gasteiger charge is -2.10. The third-order valence-electron chi connectivity index (χ3n) is 3.24. The van der Waals surface area contributed by atoms with Gasteiger partial charge < -0.3 is 0 Å². The second kappa shape index (κ2) is 4.32. The predicted molar refractivity (Wildman–Crippen MR) is 66.6 cm³/mol. The summed E-state index contributed by atoms with van der Waals surface area (Å²) in [7, 11) is 0. The van der Waals surface area contributed by atoms with Crippen molar-refractivity contribution in [3.8, 4) is 11.1 Å². The molecule has 1 aliphatic carbocycles. The summed E-state index contributed by atoms with van der Waals surface area (Å²) in [5, 5.41) is 0.356. The zero-order valence-corrected chi connectivity index (χ0v) is 10.3. The van der Waals surface area contributed by atoms with Gasteiger partial charge in [0.2, 0.25) is 0 Å². The number of hydrogen-bond acceptors (Lipinski definition) is 1. The largest absolute Gasteiger partial charge is 0.241 e. The fraction of sp³-hybridized carbons (Fsp3) is 0.214. The van der Waals surface area contributed by atoms with E-state index in [9.17, 15) is 8.78 Å². The van der Waals surface area contributed by atoms with Crippen molar-refractivity contribution in [2.24, 2.45) is 0 Å². The van der Waals surface area contributed by atoms with Gasteiger partial charge in [-0.3, -0.25) is 0 Å². The molecule has 1 heterocycles. The van der Waals surface area contributed by atoms with E-state index in [2.05, 4.69) is 4.98 Å². The van der Waals surface area contributed by atoms with Gasteiger partial charge in [0.25, 0.3) is 0 Å². The second-order valence-corrected chi connectivity index (χ2v) is 4.78. The SMILES string of the molecule is Fc1ccc(-c2cc(Cl)nc3c2CCC3)c(F)c1. The molecule has 3 rings (SSSR count). The number of aryl methyl sites for hydroxylation is 1. The molecule has 0 N–H and O–H groups in total. The Labute approximate surface area is 108 Å². The maximum atomic E-state index is 13.8. The summed E-state index contributed by atoms with van der Waals surface area (Å²) >= 11 is 5.95. The molecule has 1 nitrogen and oxygen atoms in total. The topological polar surface area (TPSA) is 12.9 Å². The molecule has 1 aliphatic rings. The van der Waals surface area contributed by atoms with Crippen LogP contribution < -0.4 is 0 Å². The maximum Gasteiger partial charge on any atom is 0.133 e. The molecule has 1 aromatic heterocycles. The van der Waals surface area contributed by atoms with E-state index in [1.54, 1.807) is 6.07 Å². The van der Waals surface area contributed by atoms with Crippen molar-refractivity contribution in [2.75, 3.05) is 0 Å². The minimum atomic E-state index is -0.576. The minimum absolute atomic E-state index is 0.356. The van der Waals surface area contributed by atoms with Gasteiger partial charge >= 0.3 is 0 Å². The molecule has 4 heteroatoms. The maximum absolute atomic E-state index is 13.8. The number of fused-ring (bicyclic) bond motifs is 1. The zero-order chi connectivity index (χ0) is 12.7. The predicted octanol–water partition coefficient (Wildman–Crippen LogP) is 4.17. The molecule has 0 radical (unpaired) electrons. The van der Waals surface area contributed by atoms with Crippen LogP contribution in [0.5, 0.6) is 0 Å². The van der Waals surface area contributed by atoms with E-state index < -0.39 is 11.6 Å². The van der Waals surface area contributed by atoms with Crippen LogP contribution in [0.15, 0.2) is 24.3 Å². The molecule has 0 fully saturated rings. The van der Waals surface area contributed by atoms with E-state index in [1.807, 2.05) is 0 Å².